The molecule has 0 aliphatic carbocycles. The zero-order chi connectivity index (χ0) is 12.8. The second-order valence-corrected chi connectivity index (χ2v) is 3.81. The second kappa shape index (κ2) is 6.24. The maximum Gasteiger partial charge on any atom is 0.362 e. The summed E-state index contributed by atoms with van der Waals surface area (Å²) in [6.07, 6.45) is 0.567. The van der Waals surface area contributed by atoms with Crippen molar-refractivity contribution < 1.29 is 18.7 Å². The number of esters is 1. The van der Waals surface area contributed by atoms with Crippen LogP contribution in [0.25, 0.3) is 0 Å². The van der Waals surface area contributed by atoms with Gasteiger partial charge < -0.3 is 19.6 Å². The Bertz CT molecular complexity index is 376. The Morgan fingerprint density at radius 2 is 2.29 bits per heavy atom. The third-order valence-corrected chi connectivity index (χ3v) is 2.14. The summed E-state index contributed by atoms with van der Waals surface area (Å²) in [5, 5.41) is 0. The molecule has 0 bridgehead atoms. The van der Waals surface area contributed by atoms with Gasteiger partial charge in [0.25, 0.3) is 0 Å². The first kappa shape index (κ1) is 13.5. The molecule has 1 rings (SSSR count). The molecular weight excluding hydrogens is 224 g/mol. The first-order valence-corrected chi connectivity index (χ1v) is 5.49. The van der Waals surface area contributed by atoms with Crippen LogP contribution in [0.1, 0.15) is 30.2 Å². The lowest BCUT2D eigenvalue weighted by Crippen LogP contribution is -2.09. The van der Waals surface area contributed by atoms with Gasteiger partial charge in [-0.05, 0) is 12.8 Å². The zero-order valence-corrected chi connectivity index (χ0v) is 10.4. The maximum atomic E-state index is 11.4. The lowest BCUT2D eigenvalue weighted by atomic mass is 10.1. The summed E-state index contributed by atoms with van der Waals surface area (Å²) in [5.41, 5.74) is 5.61. The number of anilines is 1. The first-order valence-electron chi connectivity index (χ1n) is 5.49. The van der Waals surface area contributed by atoms with Crippen molar-refractivity contribution in [3.8, 4) is 0 Å². The number of nitrogen functional groups attached to an aromatic ring is 1. The average molecular weight is 242 g/mol. The Hall–Kier alpha value is -1.56. The van der Waals surface area contributed by atoms with Crippen LogP contribution in [0.2, 0.25) is 0 Å². The fourth-order valence-electron chi connectivity index (χ4n) is 1.45. The van der Waals surface area contributed by atoms with Gasteiger partial charge in [-0.2, -0.15) is 0 Å². The molecule has 0 aliphatic heterocycles. The van der Waals surface area contributed by atoms with E-state index in [0.717, 1.165) is 0 Å². The number of methoxy groups -OCH3 is 1. The highest BCUT2D eigenvalue weighted by Crippen LogP contribution is 2.17. The Morgan fingerprint density at radius 3 is 2.88 bits per heavy atom. The van der Waals surface area contributed by atoms with Crippen molar-refractivity contribution in [2.24, 2.45) is 5.92 Å². The fourth-order valence-corrected chi connectivity index (χ4v) is 1.45. The largest absolute Gasteiger partial charge is 0.461 e. The summed E-state index contributed by atoms with van der Waals surface area (Å²) in [5.74, 6) is 0.116. The van der Waals surface area contributed by atoms with Crippen molar-refractivity contribution >= 4 is 11.9 Å². The van der Waals surface area contributed by atoms with Crippen molar-refractivity contribution in [1.29, 1.82) is 0 Å². The molecular formula is C11H18N2O4. The average Bonchev–Trinajstić information content (AvgIpc) is 2.60. The third kappa shape index (κ3) is 3.74. The van der Waals surface area contributed by atoms with E-state index >= 15 is 0 Å². The number of oxazole rings is 1. The highest BCUT2D eigenvalue weighted by atomic mass is 16.5. The van der Waals surface area contributed by atoms with E-state index in [9.17, 15) is 4.79 Å². The molecule has 0 saturated heterocycles. The maximum absolute atomic E-state index is 11.4. The lowest BCUT2D eigenvalue weighted by Gasteiger charge is -2.05. The van der Waals surface area contributed by atoms with Crippen LogP contribution in [0.4, 0.5) is 5.88 Å². The predicted molar refractivity (Wildman–Crippen MR) is 61.6 cm³/mol. The van der Waals surface area contributed by atoms with Gasteiger partial charge in [-0.25, -0.2) is 9.78 Å². The van der Waals surface area contributed by atoms with Crippen LogP contribution in [0.15, 0.2) is 4.42 Å². The SMILES string of the molecule is CCOC(=O)c1nc(CC(C)COC)oc1N. The van der Waals surface area contributed by atoms with Crippen molar-refractivity contribution in [2.45, 2.75) is 20.3 Å². The number of hydrogen-bond donors (Lipinski definition) is 1. The lowest BCUT2D eigenvalue weighted by molar-refractivity contribution is 0.0521. The van der Waals surface area contributed by atoms with E-state index in [1.807, 2.05) is 6.92 Å². The van der Waals surface area contributed by atoms with Crippen LogP contribution in [0.5, 0.6) is 0 Å². The Morgan fingerprint density at radius 1 is 1.59 bits per heavy atom. The van der Waals surface area contributed by atoms with Gasteiger partial charge in [-0.3, -0.25) is 0 Å². The molecule has 1 aromatic rings. The molecule has 96 valence electrons. The Labute approximate surface area is 100 Å². The van der Waals surface area contributed by atoms with Gasteiger partial charge in [0.1, 0.15) is 0 Å². The summed E-state index contributed by atoms with van der Waals surface area (Å²) in [6.45, 7) is 4.58. The fraction of sp³-hybridized carbons (Fsp3) is 0.636. The molecule has 6 nitrogen and oxygen atoms in total. The van der Waals surface area contributed by atoms with Gasteiger partial charge in [0.15, 0.2) is 5.89 Å². The van der Waals surface area contributed by atoms with Crippen molar-refractivity contribution in [3.05, 3.63) is 11.6 Å². The predicted octanol–water partition coefficient (Wildman–Crippen LogP) is 1.26. The minimum absolute atomic E-state index is 0.00284. The molecule has 0 spiro atoms. The molecule has 0 aliphatic rings. The minimum atomic E-state index is -0.556. The normalized spacial score (nSPS) is 12.4. The molecule has 6 heteroatoms. The van der Waals surface area contributed by atoms with E-state index in [2.05, 4.69) is 4.98 Å². The van der Waals surface area contributed by atoms with E-state index in [1.54, 1.807) is 14.0 Å². The van der Waals surface area contributed by atoms with Gasteiger partial charge in [0, 0.05) is 20.1 Å². The summed E-state index contributed by atoms with van der Waals surface area (Å²) in [6, 6.07) is 0. The van der Waals surface area contributed by atoms with Crippen LogP contribution < -0.4 is 5.73 Å². The van der Waals surface area contributed by atoms with Crippen LogP contribution in [-0.4, -0.2) is 31.3 Å². The van der Waals surface area contributed by atoms with Gasteiger partial charge in [-0.15, -0.1) is 0 Å². The molecule has 1 heterocycles. The van der Waals surface area contributed by atoms with Crippen molar-refractivity contribution in [3.63, 3.8) is 0 Å². The molecule has 0 fully saturated rings. The number of rotatable bonds is 6. The highest BCUT2D eigenvalue weighted by Gasteiger charge is 2.20. The van der Waals surface area contributed by atoms with E-state index in [-0.39, 0.29) is 24.1 Å². The number of hydrogen-bond acceptors (Lipinski definition) is 6. The first-order chi connectivity index (χ1) is 8.08. The monoisotopic (exact) mass is 242 g/mol. The van der Waals surface area contributed by atoms with E-state index < -0.39 is 5.97 Å². The van der Waals surface area contributed by atoms with Gasteiger partial charge in [-0.1, -0.05) is 6.92 Å². The second-order valence-electron chi connectivity index (χ2n) is 3.81. The Balaban J connectivity index is 2.70. The molecule has 0 amide bonds. The summed E-state index contributed by atoms with van der Waals surface area (Å²) in [7, 11) is 1.63. The summed E-state index contributed by atoms with van der Waals surface area (Å²) in [4.78, 5) is 15.5. The zero-order valence-electron chi connectivity index (χ0n) is 10.4. The molecule has 0 radical (unpaired) electrons. The number of ether oxygens (including phenoxy) is 2. The van der Waals surface area contributed by atoms with Crippen molar-refractivity contribution in [2.75, 3.05) is 26.1 Å². The Kier molecular flexibility index (Phi) is 4.96. The van der Waals surface area contributed by atoms with E-state index in [1.165, 1.54) is 0 Å². The van der Waals surface area contributed by atoms with Crippen LogP contribution in [0, 0.1) is 5.92 Å². The van der Waals surface area contributed by atoms with E-state index in [4.69, 9.17) is 19.6 Å². The van der Waals surface area contributed by atoms with Crippen LogP contribution in [-0.2, 0) is 15.9 Å². The topological polar surface area (TPSA) is 87.6 Å². The number of nitrogens with two attached hydrogens (primary N) is 1. The van der Waals surface area contributed by atoms with Gasteiger partial charge in [0.2, 0.25) is 11.6 Å². The smallest absolute Gasteiger partial charge is 0.362 e. The van der Waals surface area contributed by atoms with Gasteiger partial charge in [0.05, 0.1) is 6.61 Å². The molecule has 17 heavy (non-hydrogen) atoms. The molecule has 1 atom stereocenters. The van der Waals surface area contributed by atoms with Crippen LogP contribution >= 0.6 is 0 Å². The minimum Gasteiger partial charge on any atom is -0.461 e. The van der Waals surface area contributed by atoms with E-state index in [0.29, 0.717) is 18.9 Å². The summed E-state index contributed by atoms with van der Waals surface area (Å²) >= 11 is 0. The molecule has 1 unspecified atom stereocenters. The molecule has 0 aromatic carbocycles. The number of carbonyl (C=O) groups is 1. The standard InChI is InChI=1S/C11H18N2O4/c1-4-16-11(14)9-10(12)17-8(13-9)5-7(2)6-15-3/h7H,4-6,12H2,1-3H3. The quantitative estimate of drug-likeness (QED) is 0.755. The number of aromatic nitrogens is 1. The third-order valence-electron chi connectivity index (χ3n) is 2.14. The van der Waals surface area contributed by atoms with Gasteiger partial charge >= 0.3 is 5.97 Å². The van der Waals surface area contributed by atoms with Crippen LogP contribution in [0.3, 0.4) is 0 Å². The molecule has 1 aromatic heterocycles. The molecule has 2 N–H and O–H groups in total. The highest BCUT2D eigenvalue weighted by molar-refractivity contribution is 5.91. The van der Waals surface area contributed by atoms with Crippen molar-refractivity contribution in [1.82, 2.24) is 4.98 Å². The molecule has 0 saturated carbocycles. The summed E-state index contributed by atoms with van der Waals surface area (Å²) < 4.78 is 15.0. The number of nitrogens with zero attached hydrogens (tertiary/aromatic N) is 1. The number of carbonyl (C=O) groups excluding carboxylic acids is 1.